The van der Waals surface area contributed by atoms with Crippen molar-refractivity contribution in [1.29, 1.82) is 0 Å². The van der Waals surface area contributed by atoms with Crippen LogP contribution < -0.4 is 5.30 Å². The molecule has 1 saturated carbocycles. The molecule has 112 valence electrons. The average Bonchev–Trinajstić information content (AvgIpc) is 2.56. The van der Waals surface area contributed by atoms with Crippen LogP contribution in [0, 0.1) is 0 Å². The summed E-state index contributed by atoms with van der Waals surface area (Å²) in [4.78, 5) is 0. The summed E-state index contributed by atoms with van der Waals surface area (Å²) in [5, 5.41) is 4.63. The van der Waals surface area contributed by atoms with Gasteiger partial charge in [-0.15, -0.1) is 0 Å². The molecule has 0 heterocycles. The van der Waals surface area contributed by atoms with Gasteiger partial charge in [0.1, 0.15) is 0 Å². The summed E-state index contributed by atoms with van der Waals surface area (Å²) in [6.45, 7) is 2.33. The molecule has 1 heteroatoms. The number of benzene rings is 2. The van der Waals surface area contributed by atoms with Gasteiger partial charge in [-0.3, -0.25) is 0 Å². The highest BCUT2D eigenvalue weighted by molar-refractivity contribution is 7.66. The summed E-state index contributed by atoms with van der Waals surface area (Å²) in [6.07, 6.45) is 11.5. The third kappa shape index (κ3) is 3.49. The lowest BCUT2D eigenvalue weighted by molar-refractivity contribution is 0.511. The zero-order valence-corrected chi connectivity index (χ0v) is 14.1. The Bertz CT molecular complexity index is 564. The summed E-state index contributed by atoms with van der Waals surface area (Å²) < 4.78 is 0. The van der Waals surface area contributed by atoms with Crippen molar-refractivity contribution in [1.82, 2.24) is 0 Å². The standard InChI is InChI=1S/C20H27P/c1-2-3-16-21(18-12-5-4-6-13-18)20-15-9-11-17-10-7-8-14-19(17)20/h7-11,14-15,18H,2-6,12-13,16H2,1H3. The van der Waals surface area contributed by atoms with Crippen molar-refractivity contribution in [3.05, 3.63) is 42.5 Å². The van der Waals surface area contributed by atoms with Crippen LogP contribution in [0.5, 0.6) is 0 Å². The highest BCUT2D eigenvalue weighted by atomic mass is 31.1. The Balaban J connectivity index is 1.96. The van der Waals surface area contributed by atoms with Crippen LogP contribution in [0.15, 0.2) is 42.5 Å². The second-order valence-electron chi connectivity index (χ2n) is 6.34. The quantitative estimate of drug-likeness (QED) is 0.587. The molecule has 1 aliphatic carbocycles. The smallest absolute Gasteiger partial charge is 0.0107 e. The number of hydrogen-bond donors (Lipinski definition) is 0. The molecule has 0 amide bonds. The monoisotopic (exact) mass is 298 g/mol. The zero-order chi connectivity index (χ0) is 14.5. The minimum absolute atomic E-state index is 0.0204. The first-order chi connectivity index (χ1) is 10.4. The second kappa shape index (κ2) is 7.41. The molecule has 1 atom stereocenters. The molecule has 0 bridgehead atoms. The van der Waals surface area contributed by atoms with E-state index < -0.39 is 0 Å². The van der Waals surface area contributed by atoms with Gasteiger partial charge in [0, 0.05) is 0 Å². The van der Waals surface area contributed by atoms with Crippen molar-refractivity contribution in [2.24, 2.45) is 0 Å². The van der Waals surface area contributed by atoms with Gasteiger partial charge in [0.2, 0.25) is 0 Å². The maximum Gasteiger partial charge on any atom is -0.0107 e. The average molecular weight is 298 g/mol. The number of hydrogen-bond acceptors (Lipinski definition) is 0. The maximum atomic E-state index is 2.43. The third-order valence-electron chi connectivity index (χ3n) is 4.84. The van der Waals surface area contributed by atoms with Crippen molar-refractivity contribution in [2.75, 3.05) is 6.16 Å². The Morgan fingerprint density at radius 3 is 2.52 bits per heavy atom. The van der Waals surface area contributed by atoms with Crippen LogP contribution in [-0.2, 0) is 0 Å². The molecule has 2 aromatic rings. The van der Waals surface area contributed by atoms with E-state index in [1.807, 2.05) is 0 Å². The molecule has 1 fully saturated rings. The lowest BCUT2D eigenvalue weighted by Crippen LogP contribution is -2.19. The molecule has 0 saturated heterocycles. The van der Waals surface area contributed by atoms with E-state index >= 15 is 0 Å². The Labute approximate surface area is 130 Å². The van der Waals surface area contributed by atoms with Crippen LogP contribution in [0.2, 0.25) is 0 Å². The van der Waals surface area contributed by atoms with E-state index in [0.717, 1.165) is 5.66 Å². The minimum Gasteiger partial charge on any atom is -0.0715 e. The topological polar surface area (TPSA) is 0 Å². The van der Waals surface area contributed by atoms with E-state index in [0.29, 0.717) is 0 Å². The molecule has 0 N–H and O–H groups in total. The lowest BCUT2D eigenvalue weighted by Gasteiger charge is -2.32. The second-order valence-corrected chi connectivity index (χ2v) is 8.94. The Kier molecular flexibility index (Phi) is 5.31. The third-order valence-corrected chi connectivity index (χ3v) is 8.05. The first-order valence-electron chi connectivity index (χ1n) is 8.64. The summed E-state index contributed by atoms with van der Waals surface area (Å²) in [7, 11) is 0.0204. The van der Waals surface area contributed by atoms with Gasteiger partial charge in [-0.05, 0) is 47.2 Å². The first-order valence-corrected chi connectivity index (χ1v) is 10.2. The van der Waals surface area contributed by atoms with Crippen LogP contribution in [-0.4, -0.2) is 11.8 Å². The van der Waals surface area contributed by atoms with Crippen molar-refractivity contribution in [3.63, 3.8) is 0 Å². The number of unbranched alkanes of at least 4 members (excludes halogenated alkanes) is 1. The van der Waals surface area contributed by atoms with Gasteiger partial charge < -0.3 is 0 Å². The number of rotatable bonds is 5. The SMILES string of the molecule is CCCCP(c1cccc2ccccc12)C1CCCCC1. The van der Waals surface area contributed by atoms with Gasteiger partial charge in [0.05, 0.1) is 0 Å². The van der Waals surface area contributed by atoms with Crippen LogP contribution in [0.4, 0.5) is 0 Å². The highest BCUT2D eigenvalue weighted by Gasteiger charge is 2.25. The largest absolute Gasteiger partial charge is 0.0715 e. The van der Waals surface area contributed by atoms with Crippen molar-refractivity contribution in [2.45, 2.75) is 57.5 Å². The van der Waals surface area contributed by atoms with Gasteiger partial charge in [-0.25, -0.2) is 0 Å². The van der Waals surface area contributed by atoms with Gasteiger partial charge in [-0.1, -0.05) is 83.0 Å². The van der Waals surface area contributed by atoms with E-state index in [9.17, 15) is 0 Å². The summed E-state index contributed by atoms with van der Waals surface area (Å²) in [5.74, 6) is 0. The van der Waals surface area contributed by atoms with E-state index in [4.69, 9.17) is 0 Å². The van der Waals surface area contributed by atoms with E-state index in [-0.39, 0.29) is 7.92 Å². The first kappa shape index (κ1) is 15.0. The number of fused-ring (bicyclic) bond motifs is 1. The predicted molar refractivity (Wildman–Crippen MR) is 97.2 cm³/mol. The fraction of sp³-hybridized carbons (Fsp3) is 0.500. The molecule has 1 unspecified atom stereocenters. The molecular formula is C20H27P. The minimum atomic E-state index is 0.0204. The van der Waals surface area contributed by atoms with Crippen LogP contribution >= 0.6 is 7.92 Å². The van der Waals surface area contributed by atoms with Crippen molar-refractivity contribution in [3.8, 4) is 0 Å². The zero-order valence-electron chi connectivity index (χ0n) is 13.2. The molecule has 0 aromatic heterocycles. The maximum absolute atomic E-state index is 2.43. The molecule has 2 aromatic carbocycles. The summed E-state index contributed by atoms with van der Waals surface area (Å²) in [5.41, 5.74) is 0.978. The molecule has 0 aliphatic heterocycles. The molecule has 3 rings (SSSR count). The van der Waals surface area contributed by atoms with Gasteiger partial charge >= 0.3 is 0 Å². The Hall–Kier alpha value is -0.870. The predicted octanol–water partition coefficient (Wildman–Crippen LogP) is 6.08. The van der Waals surface area contributed by atoms with Gasteiger partial charge in [-0.2, -0.15) is 0 Å². The molecule has 0 radical (unpaired) electrons. The summed E-state index contributed by atoms with van der Waals surface area (Å²) >= 11 is 0. The molecule has 0 spiro atoms. The van der Waals surface area contributed by atoms with Crippen molar-refractivity contribution >= 4 is 24.0 Å². The summed E-state index contributed by atoms with van der Waals surface area (Å²) in [6, 6.07) is 16.0. The van der Waals surface area contributed by atoms with Crippen LogP contribution in [0.25, 0.3) is 10.8 Å². The van der Waals surface area contributed by atoms with Gasteiger partial charge in [0.25, 0.3) is 0 Å². The Morgan fingerprint density at radius 1 is 0.952 bits per heavy atom. The lowest BCUT2D eigenvalue weighted by atomic mass is 10.0. The van der Waals surface area contributed by atoms with Crippen LogP contribution in [0.3, 0.4) is 0 Å². The van der Waals surface area contributed by atoms with Crippen molar-refractivity contribution < 1.29 is 0 Å². The van der Waals surface area contributed by atoms with E-state index in [2.05, 4.69) is 49.4 Å². The highest BCUT2D eigenvalue weighted by Crippen LogP contribution is 2.48. The molecule has 21 heavy (non-hydrogen) atoms. The molecule has 0 nitrogen and oxygen atoms in total. The van der Waals surface area contributed by atoms with Crippen LogP contribution in [0.1, 0.15) is 51.9 Å². The van der Waals surface area contributed by atoms with E-state index in [1.54, 1.807) is 5.30 Å². The normalized spacial score (nSPS) is 18.0. The fourth-order valence-electron chi connectivity index (χ4n) is 3.68. The molecule has 1 aliphatic rings. The van der Waals surface area contributed by atoms with Gasteiger partial charge in [0.15, 0.2) is 0 Å². The molecular weight excluding hydrogens is 271 g/mol. The Morgan fingerprint density at radius 2 is 1.71 bits per heavy atom. The fourth-order valence-corrected chi connectivity index (χ4v) is 7.12. The van der Waals surface area contributed by atoms with E-state index in [1.165, 1.54) is 61.9 Å².